The summed E-state index contributed by atoms with van der Waals surface area (Å²) < 4.78 is 1.24. The van der Waals surface area contributed by atoms with Crippen LogP contribution in [0, 0.1) is 5.92 Å². The molecule has 3 aromatic rings. The Kier molecular flexibility index (Phi) is 4.67. The lowest BCUT2D eigenvalue weighted by atomic mass is 10.1. The van der Waals surface area contributed by atoms with E-state index in [4.69, 9.17) is 0 Å². The molecule has 3 heterocycles. The van der Waals surface area contributed by atoms with E-state index in [1.807, 2.05) is 18.2 Å². The van der Waals surface area contributed by atoms with Crippen LogP contribution in [0.1, 0.15) is 17.5 Å². The van der Waals surface area contributed by atoms with E-state index in [-0.39, 0.29) is 24.2 Å². The molecule has 1 aromatic carbocycles. The summed E-state index contributed by atoms with van der Waals surface area (Å²) in [6, 6.07) is 12.1. The van der Waals surface area contributed by atoms with Gasteiger partial charge >= 0.3 is 0 Å². The van der Waals surface area contributed by atoms with E-state index in [1.54, 1.807) is 28.6 Å². The predicted molar refractivity (Wildman–Crippen MR) is 101 cm³/mol. The molecule has 1 unspecified atom stereocenters. The second-order valence-electron chi connectivity index (χ2n) is 6.54. The number of likely N-dealkylation sites (tertiary alicyclic amines) is 1. The molecule has 26 heavy (non-hydrogen) atoms. The van der Waals surface area contributed by atoms with Crippen molar-refractivity contribution in [3.63, 3.8) is 0 Å². The monoisotopic (exact) mass is 365 g/mol. The third kappa shape index (κ3) is 3.60. The Bertz CT molecular complexity index is 938. The predicted octanol–water partition coefficient (Wildman–Crippen LogP) is 2.96. The van der Waals surface area contributed by atoms with E-state index < -0.39 is 0 Å². The third-order valence-corrected chi connectivity index (χ3v) is 5.59. The average molecular weight is 365 g/mol. The Morgan fingerprint density at radius 3 is 2.88 bits per heavy atom. The van der Waals surface area contributed by atoms with Crippen LogP contribution >= 0.6 is 11.3 Å². The molecule has 2 aromatic heterocycles. The largest absolute Gasteiger partial charge is 0.352 e. The molecule has 0 saturated carbocycles. The summed E-state index contributed by atoms with van der Waals surface area (Å²) in [5.41, 5.74) is 2.10. The van der Waals surface area contributed by atoms with Gasteiger partial charge in [-0.3, -0.25) is 14.6 Å². The molecular weight excluding hydrogens is 346 g/mol. The van der Waals surface area contributed by atoms with Gasteiger partial charge in [0.05, 0.1) is 5.92 Å². The number of thiophene rings is 1. The highest BCUT2D eigenvalue weighted by Gasteiger charge is 2.34. The number of nitrogens with one attached hydrogen (secondary N) is 1. The minimum Gasteiger partial charge on any atom is -0.352 e. The quantitative estimate of drug-likeness (QED) is 0.756. The minimum atomic E-state index is -0.283. The molecule has 1 N–H and O–H groups in total. The molecule has 0 radical (unpaired) electrons. The first-order chi connectivity index (χ1) is 12.7. The van der Waals surface area contributed by atoms with Gasteiger partial charge in [-0.05, 0) is 52.2 Å². The van der Waals surface area contributed by atoms with Crippen molar-refractivity contribution >= 4 is 33.2 Å². The van der Waals surface area contributed by atoms with Crippen molar-refractivity contribution in [2.45, 2.75) is 19.5 Å². The van der Waals surface area contributed by atoms with Crippen LogP contribution in [0.15, 0.2) is 54.2 Å². The van der Waals surface area contributed by atoms with Gasteiger partial charge in [0.1, 0.15) is 0 Å². The fourth-order valence-electron chi connectivity index (χ4n) is 3.27. The molecule has 1 atom stereocenters. The van der Waals surface area contributed by atoms with Crippen molar-refractivity contribution in [1.82, 2.24) is 15.2 Å². The molecule has 0 spiro atoms. The van der Waals surface area contributed by atoms with Crippen LogP contribution in [-0.2, 0) is 22.7 Å². The lowest BCUT2D eigenvalue weighted by Gasteiger charge is -2.16. The molecule has 1 aliphatic heterocycles. The highest BCUT2D eigenvalue weighted by Crippen LogP contribution is 2.23. The van der Waals surface area contributed by atoms with Gasteiger partial charge < -0.3 is 10.2 Å². The molecule has 1 saturated heterocycles. The number of fused-ring (bicyclic) bond motifs is 1. The van der Waals surface area contributed by atoms with Gasteiger partial charge in [-0.2, -0.15) is 0 Å². The lowest BCUT2D eigenvalue weighted by molar-refractivity contribution is -0.129. The summed E-state index contributed by atoms with van der Waals surface area (Å²) in [6.45, 7) is 1.48. The molecule has 2 amide bonds. The molecule has 4 rings (SSSR count). The summed E-state index contributed by atoms with van der Waals surface area (Å²) in [5, 5.41) is 6.24. The zero-order chi connectivity index (χ0) is 17.9. The third-order valence-electron chi connectivity index (χ3n) is 4.69. The maximum atomic E-state index is 12.5. The van der Waals surface area contributed by atoms with Crippen molar-refractivity contribution < 1.29 is 9.59 Å². The van der Waals surface area contributed by atoms with Crippen LogP contribution < -0.4 is 5.32 Å². The Hall–Kier alpha value is -2.73. The zero-order valence-corrected chi connectivity index (χ0v) is 15.0. The lowest BCUT2D eigenvalue weighted by Crippen LogP contribution is -2.32. The minimum absolute atomic E-state index is 0.0293. The highest BCUT2D eigenvalue weighted by molar-refractivity contribution is 7.17. The van der Waals surface area contributed by atoms with Crippen LogP contribution in [-0.4, -0.2) is 28.2 Å². The topological polar surface area (TPSA) is 62.3 Å². The van der Waals surface area contributed by atoms with Crippen LogP contribution in [0.2, 0.25) is 0 Å². The molecule has 0 aliphatic carbocycles. The molecule has 0 bridgehead atoms. The second kappa shape index (κ2) is 7.25. The number of nitrogens with zero attached hydrogens (tertiary/aromatic N) is 2. The van der Waals surface area contributed by atoms with E-state index in [2.05, 4.69) is 33.9 Å². The van der Waals surface area contributed by atoms with Gasteiger partial charge in [0.15, 0.2) is 0 Å². The first-order valence-electron chi connectivity index (χ1n) is 8.59. The summed E-state index contributed by atoms with van der Waals surface area (Å²) in [5.74, 6) is -0.308. The van der Waals surface area contributed by atoms with E-state index in [1.165, 1.54) is 10.1 Å². The van der Waals surface area contributed by atoms with Crippen molar-refractivity contribution in [3.05, 3.63) is 65.3 Å². The summed E-state index contributed by atoms with van der Waals surface area (Å²) in [6.07, 6.45) is 3.70. The van der Waals surface area contributed by atoms with E-state index >= 15 is 0 Å². The maximum absolute atomic E-state index is 12.5. The van der Waals surface area contributed by atoms with Crippen LogP contribution in [0.25, 0.3) is 10.1 Å². The van der Waals surface area contributed by atoms with Gasteiger partial charge in [-0.15, -0.1) is 11.3 Å². The van der Waals surface area contributed by atoms with E-state index in [0.29, 0.717) is 19.6 Å². The Morgan fingerprint density at radius 2 is 2.04 bits per heavy atom. The number of carbonyl (C=O) groups is 2. The first-order valence-corrected chi connectivity index (χ1v) is 9.47. The van der Waals surface area contributed by atoms with E-state index in [9.17, 15) is 9.59 Å². The van der Waals surface area contributed by atoms with Crippen LogP contribution in [0.4, 0.5) is 0 Å². The Morgan fingerprint density at radius 1 is 1.19 bits per heavy atom. The number of aromatic nitrogens is 1. The summed E-state index contributed by atoms with van der Waals surface area (Å²) in [4.78, 5) is 30.4. The molecule has 6 heteroatoms. The van der Waals surface area contributed by atoms with Crippen molar-refractivity contribution in [2.24, 2.45) is 5.92 Å². The van der Waals surface area contributed by atoms with Gasteiger partial charge in [-0.25, -0.2) is 0 Å². The number of carbonyl (C=O) groups excluding carboxylic acids is 2. The number of benzene rings is 1. The molecular formula is C20H19N3O2S. The number of amides is 2. The Balaban J connectivity index is 1.34. The summed E-state index contributed by atoms with van der Waals surface area (Å²) >= 11 is 1.71. The zero-order valence-electron chi connectivity index (χ0n) is 14.2. The standard InChI is InChI=1S/C20H19N3O2S/c24-19-10-17(13-23(19)12-14-3-6-21-7-4-14)20(25)22-11-15-1-2-18-16(9-15)5-8-26-18/h1-9,17H,10-13H2,(H,22,25). The molecule has 1 fully saturated rings. The van der Waals surface area contributed by atoms with E-state index in [0.717, 1.165) is 11.1 Å². The van der Waals surface area contributed by atoms with Crippen molar-refractivity contribution in [3.8, 4) is 0 Å². The normalized spacial score (nSPS) is 17.0. The van der Waals surface area contributed by atoms with Crippen molar-refractivity contribution in [2.75, 3.05) is 6.54 Å². The molecule has 1 aliphatic rings. The SMILES string of the molecule is O=C(NCc1ccc2sccc2c1)C1CC(=O)N(Cc2ccncc2)C1. The highest BCUT2D eigenvalue weighted by atomic mass is 32.1. The van der Waals surface area contributed by atoms with Gasteiger partial charge in [0.2, 0.25) is 11.8 Å². The number of pyridine rings is 1. The van der Waals surface area contributed by atoms with Gasteiger partial charge in [0.25, 0.3) is 0 Å². The van der Waals surface area contributed by atoms with Gasteiger partial charge in [0, 0.05) is 43.1 Å². The molecule has 5 nitrogen and oxygen atoms in total. The second-order valence-corrected chi connectivity index (χ2v) is 7.49. The average Bonchev–Trinajstić information content (AvgIpc) is 3.27. The fourth-order valence-corrected chi connectivity index (χ4v) is 4.04. The fraction of sp³-hybridized carbons (Fsp3) is 0.250. The summed E-state index contributed by atoms with van der Waals surface area (Å²) in [7, 11) is 0. The molecule has 132 valence electrons. The Labute approximate surface area is 155 Å². The maximum Gasteiger partial charge on any atom is 0.225 e. The van der Waals surface area contributed by atoms with Gasteiger partial charge in [-0.1, -0.05) is 6.07 Å². The van der Waals surface area contributed by atoms with Crippen molar-refractivity contribution in [1.29, 1.82) is 0 Å². The smallest absolute Gasteiger partial charge is 0.225 e. The first kappa shape index (κ1) is 16.7. The van der Waals surface area contributed by atoms with Crippen LogP contribution in [0.5, 0.6) is 0 Å². The number of hydrogen-bond acceptors (Lipinski definition) is 4. The number of rotatable bonds is 5. The number of hydrogen-bond donors (Lipinski definition) is 1. The van der Waals surface area contributed by atoms with Crippen LogP contribution in [0.3, 0.4) is 0 Å².